The number of nitrogens with zero attached hydrogens (tertiary/aromatic N) is 2. The Hall–Kier alpha value is -2.26. The molecule has 1 aliphatic heterocycles. The van der Waals surface area contributed by atoms with Crippen molar-refractivity contribution in [3.63, 3.8) is 0 Å². The van der Waals surface area contributed by atoms with Crippen LogP contribution in [0.15, 0.2) is 54.6 Å². The molecule has 2 heterocycles. The van der Waals surface area contributed by atoms with E-state index in [-0.39, 0.29) is 0 Å². The molecule has 3 nitrogen and oxygen atoms in total. The minimum atomic E-state index is 0.503. The molecule has 0 unspecified atom stereocenters. The summed E-state index contributed by atoms with van der Waals surface area (Å²) in [4.78, 5) is 7.33. The molecule has 0 aliphatic carbocycles. The Morgan fingerprint density at radius 3 is 2.77 bits per heavy atom. The molecule has 1 atom stereocenters. The predicted molar refractivity (Wildman–Crippen MR) is 108 cm³/mol. The zero-order chi connectivity index (χ0) is 17.9. The molecule has 0 N–H and O–H groups in total. The first-order valence-corrected chi connectivity index (χ1v) is 9.59. The van der Waals surface area contributed by atoms with Crippen molar-refractivity contribution in [2.24, 2.45) is 5.92 Å². The zero-order valence-corrected chi connectivity index (χ0v) is 15.7. The average Bonchev–Trinajstić information content (AvgIpc) is 2.67. The van der Waals surface area contributed by atoms with Gasteiger partial charge in [-0.1, -0.05) is 42.8 Å². The lowest BCUT2D eigenvalue weighted by atomic mass is 10.0. The highest BCUT2D eigenvalue weighted by atomic mass is 35.5. The average molecular weight is 367 g/mol. The van der Waals surface area contributed by atoms with Gasteiger partial charge in [0, 0.05) is 23.5 Å². The zero-order valence-electron chi connectivity index (χ0n) is 15.0. The van der Waals surface area contributed by atoms with Crippen molar-refractivity contribution in [1.29, 1.82) is 0 Å². The lowest BCUT2D eigenvalue weighted by Gasteiger charge is -2.32. The van der Waals surface area contributed by atoms with E-state index >= 15 is 0 Å². The highest BCUT2D eigenvalue weighted by Gasteiger charge is 2.18. The maximum absolute atomic E-state index is 6.08. The third-order valence-corrected chi connectivity index (χ3v) is 5.21. The Kier molecular flexibility index (Phi) is 4.98. The smallest absolute Gasteiger partial charge is 0.146 e. The van der Waals surface area contributed by atoms with Crippen LogP contribution in [0.25, 0.3) is 10.9 Å². The van der Waals surface area contributed by atoms with Gasteiger partial charge in [0.25, 0.3) is 0 Å². The van der Waals surface area contributed by atoms with Crippen LogP contribution in [-0.4, -0.2) is 18.1 Å². The number of piperidine rings is 1. The van der Waals surface area contributed by atoms with Crippen molar-refractivity contribution in [3.8, 4) is 5.75 Å². The standard InChI is InChI=1S/C22H23ClN2O/c1-16-4-3-13-25(14-16)21-12-9-18-5-2-6-20(22(18)24-21)26-15-17-7-10-19(23)11-8-17/h2,5-12,16H,3-4,13-15H2,1H3/t16-/m1/s1. The predicted octanol–water partition coefficient (Wildman–Crippen LogP) is 5.70. The lowest BCUT2D eigenvalue weighted by Crippen LogP contribution is -2.34. The molecular formula is C22H23ClN2O. The molecule has 0 saturated carbocycles. The van der Waals surface area contributed by atoms with E-state index in [9.17, 15) is 0 Å². The molecule has 4 rings (SSSR count). The minimum absolute atomic E-state index is 0.503. The van der Waals surface area contributed by atoms with E-state index in [1.165, 1.54) is 12.8 Å². The first-order chi connectivity index (χ1) is 12.7. The van der Waals surface area contributed by atoms with E-state index in [4.69, 9.17) is 21.3 Å². The van der Waals surface area contributed by atoms with Gasteiger partial charge in [0.1, 0.15) is 23.7 Å². The Bertz CT molecular complexity index is 894. The molecule has 1 aromatic heterocycles. The molecule has 1 saturated heterocycles. The van der Waals surface area contributed by atoms with E-state index in [1.807, 2.05) is 36.4 Å². The van der Waals surface area contributed by atoms with Crippen LogP contribution < -0.4 is 9.64 Å². The van der Waals surface area contributed by atoms with Gasteiger partial charge in [-0.2, -0.15) is 0 Å². The summed E-state index contributed by atoms with van der Waals surface area (Å²) in [7, 11) is 0. The summed E-state index contributed by atoms with van der Waals surface area (Å²) in [6, 6.07) is 18.1. The van der Waals surface area contributed by atoms with Gasteiger partial charge in [-0.25, -0.2) is 4.98 Å². The first-order valence-electron chi connectivity index (χ1n) is 9.21. The Labute approximate surface area is 159 Å². The van der Waals surface area contributed by atoms with E-state index in [0.717, 1.165) is 52.1 Å². The highest BCUT2D eigenvalue weighted by Crippen LogP contribution is 2.29. The lowest BCUT2D eigenvalue weighted by molar-refractivity contribution is 0.309. The summed E-state index contributed by atoms with van der Waals surface area (Å²) >= 11 is 5.95. The second-order valence-electron chi connectivity index (χ2n) is 7.11. The molecule has 2 aromatic carbocycles. The molecule has 26 heavy (non-hydrogen) atoms. The Morgan fingerprint density at radius 2 is 1.96 bits per heavy atom. The topological polar surface area (TPSA) is 25.4 Å². The number of fused-ring (bicyclic) bond motifs is 1. The van der Waals surface area contributed by atoms with Crippen molar-refractivity contribution in [2.45, 2.75) is 26.4 Å². The number of anilines is 1. The van der Waals surface area contributed by atoms with Gasteiger partial charge >= 0.3 is 0 Å². The number of para-hydroxylation sites is 1. The molecule has 3 aromatic rings. The quantitative estimate of drug-likeness (QED) is 0.591. The molecule has 1 fully saturated rings. The largest absolute Gasteiger partial charge is 0.487 e. The van der Waals surface area contributed by atoms with Crippen LogP contribution in [-0.2, 0) is 6.61 Å². The second kappa shape index (κ2) is 7.55. The van der Waals surface area contributed by atoms with Gasteiger partial charge in [-0.05, 0) is 54.7 Å². The van der Waals surface area contributed by atoms with Gasteiger partial charge in [0.2, 0.25) is 0 Å². The summed E-state index contributed by atoms with van der Waals surface area (Å²) in [5.74, 6) is 2.59. The summed E-state index contributed by atoms with van der Waals surface area (Å²) < 4.78 is 6.08. The van der Waals surface area contributed by atoms with Crippen molar-refractivity contribution >= 4 is 28.3 Å². The number of hydrogen-bond donors (Lipinski definition) is 0. The Morgan fingerprint density at radius 1 is 1.12 bits per heavy atom. The molecule has 0 spiro atoms. The van der Waals surface area contributed by atoms with Crippen molar-refractivity contribution in [3.05, 3.63) is 65.2 Å². The fourth-order valence-electron chi connectivity index (χ4n) is 3.54. The fraction of sp³-hybridized carbons (Fsp3) is 0.318. The SMILES string of the molecule is C[C@@H]1CCCN(c2ccc3cccc(OCc4ccc(Cl)cc4)c3n2)C1. The van der Waals surface area contributed by atoms with Crippen molar-refractivity contribution in [2.75, 3.05) is 18.0 Å². The van der Waals surface area contributed by atoms with Crippen LogP contribution in [0.2, 0.25) is 5.02 Å². The number of pyridine rings is 1. The third kappa shape index (κ3) is 3.78. The molecule has 1 aliphatic rings. The fourth-order valence-corrected chi connectivity index (χ4v) is 3.67. The molecule has 4 heteroatoms. The highest BCUT2D eigenvalue weighted by molar-refractivity contribution is 6.30. The monoisotopic (exact) mass is 366 g/mol. The maximum atomic E-state index is 6.08. The number of aromatic nitrogens is 1. The molecule has 134 valence electrons. The van der Waals surface area contributed by atoms with Crippen LogP contribution in [0.3, 0.4) is 0 Å². The number of rotatable bonds is 4. The van der Waals surface area contributed by atoms with Crippen LogP contribution >= 0.6 is 11.6 Å². The van der Waals surface area contributed by atoms with Gasteiger partial charge in [-0.15, -0.1) is 0 Å². The summed E-state index contributed by atoms with van der Waals surface area (Å²) in [5.41, 5.74) is 2.02. The number of ether oxygens (including phenoxy) is 1. The first kappa shape index (κ1) is 17.2. The molecular weight excluding hydrogens is 344 g/mol. The summed E-state index contributed by atoms with van der Waals surface area (Å²) in [6.45, 7) is 4.97. The van der Waals surface area contributed by atoms with E-state index in [0.29, 0.717) is 6.61 Å². The summed E-state index contributed by atoms with van der Waals surface area (Å²) in [6.07, 6.45) is 2.54. The van der Waals surface area contributed by atoms with Crippen molar-refractivity contribution < 1.29 is 4.74 Å². The molecule has 0 radical (unpaired) electrons. The number of benzene rings is 2. The Balaban J connectivity index is 1.59. The van der Waals surface area contributed by atoms with E-state index < -0.39 is 0 Å². The summed E-state index contributed by atoms with van der Waals surface area (Å²) in [5, 5.41) is 1.84. The van der Waals surface area contributed by atoms with Crippen molar-refractivity contribution in [1.82, 2.24) is 4.98 Å². The van der Waals surface area contributed by atoms with Crippen LogP contribution in [0.4, 0.5) is 5.82 Å². The van der Waals surface area contributed by atoms with Gasteiger partial charge < -0.3 is 9.64 Å². The van der Waals surface area contributed by atoms with Crippen LogP contribution in [0, 0.1) is 5.92 Å². The third-order valence-electron chi connectivity index (χ3n) is 4.96. The van der Waals surface area contributed by atoms with E-state index in [1.54, 1.807) is 0 Å². The molecule has 0 bridgehead atoms. The normalized spacial score (nSPS) is 17.5. The number of hydrogen-bond acceptors (Lipinski definition) is 3. The number of halogens is 1. The molecule has 0 amide bonds. The maximum Gasteiger partial charge on any atom is 0.146 e. The minimum Gasteiger partial charge on any atom is -0.487 e. The van der Waals surface area contributed by atoms with Gasteiger partial charge in [0.15, 0.2) is 0 Å². The van der Waals surface area contributed by atoms with Crippen LogP contribution in [0.1, 0.15) is 25.3 Å². The van der Waals surface area contributed by atoms with Crippen LogP contribution in [0.5, 0.6) is 5.75 Å². The van der Waals surface area contributed by atoms with Gasteiger partial charge in [-0.3, -0.25) is 0 Å². The van der Waals surface area contributed by atoms with Gasteiger partial charge in [0.05, 0.1) is 0 Å². The van der Waals surface area contributed by atoms with E-state index in [2.05, 4.69) is 30.0 Å². The second-order valence-corrected chi connectivity index (χ2v) is 7.54.